The molecule has 5 nitrogen and oxygen atoms in total. The van der Waals surface area contributed by atoms with Crippen molar-refractivity contribution in [1.82, 2.24) is 9.88 Å². The summed E-state index contributed by atoms with van der Waals surface area (Å²) in [4.78, 5) is 22.1. The number of carbonyl (C=O) groups is 1. The van der Waals surface area contributed by atoms with Gasteiger partial charge in [-0.2, -0.15) is 0 Å². The van der Waals surface area contributed by atoms with Crippen molar-refractivity contribution in [1.29, 1.82) is 0 Å². The Hall–Kier alpha value is -1.86. The molecule has 0 radical (unpaired) electrons. The molecule has 2 aromatic carbocycles. The minimum atomic E-state index is -0.209. The first-order valence-corrected chi connectivity index (χ1v) is 11.6. The Morgan fingerprint density at radius 3 is 2.53 bits per heavy atom. The number of anilines is 1. The van der Waals surface area contributed by atoms with E-state index < -0.39 is 0 Å². The van der Waals surface area contributed by atoms with Crippen LogP contribution in [0.15, 0.2) is 36.4 Å². The van der Waals surface area contributed by atoms with Crippen LogP contribution in [0.5, 0.6) is 5.75 Å². The zero-order valence-electron chi connectivity index (χ0n) is 17.3. The number of amides is 1. The molecule has 0 saturated heterocycles. The fourth-order valence-electron chi connectivity index (χ4n) is 3.14. The van der Waals surface area contributed by atoms with Gasteiger partial charge in [-0.25, -0.2) is 4.98 Å². The average molecular weight is 466 g/mol. The molecule has 1 amide bonds. The first-order chi connectivity index (χ1) is 14.5. The minimum absolute atomic E-state index is 0.209. The maximum absolute atomic E-state index is 13.5. The van der Waals surface area contributed by atoms with Gasteiger partial charge in [-0.3, -0.25) is 9.69 Å². The average Bonchev–Trinajstić information content (AvgIpc) is 3.16. The number of halogens is 2. The molecule has 3 rings (SSSR count). The van der Waals surface area contributed by atoms with Gasteiger partial charge in [0, 0.05) is 18.1 Å². The van der Waals surface area contributed by atoms with Crippen LogP contribution in [0, 0.1) is 0 Å². The molecule has 0 saturated carbocycles. The van der Waals surface area contributed by atoms with Gasteiger partial charge < -0.3 is 9.64 Å². The largest absolute Gasteiger partial charge is 0.494 e. The van der Waals surface area contributed by atoms with E-state index in [0.717, 1.165) is 35.6 Å². The maximum Gasteiger partial charge on any atom is 0.261 e. The van der Waals surface area contributed by atoms with Crippen LogP contribution in [0.2, 0.25) is 10.0 Å². The van der Waals surface area contributed by atoms with E-state index in [1.165, 1.54) is 11.3 Å². The highest BCUT2D eigenvalue weighted by Crippen LogP contribution is 2.33. The Labute approximate surface area is 191 Å². The van der Waals surface area contributed by atoms with Crippen LogP contribution in [-0.2, 0) is 0 Å². The Balaban J connectivity index is 1.99. The molecule has 0 aliphatic heterocycles. The summed E-state index contributed by atoms with van der Waals surface area (Å²) < 4.78 is 6.56. The number of hydrogen-bond acceptors (Lipinski definition) is 5. The molecule has 30 heavy (non-hydrogen) atoms. The summed E-state index contributed by atoms with van der Waals surface area (Å²) in [7, 11) is 0. The maximum atomic E-state index is 13.5. The lowest BCUT2D eigenvalue weighted by Crippen LogP contribution is -2.39. The summed E-state index contributed by atoms with van der Waals surface area (Å²) >= 11 is 13.9. The van der Waals surface area contributed by atoms with Gasteiger partial charge in [0.25, 0.3) is 5.91 Å². The monoisotopic (exact) mass is 465 g/mol. The number of hydrogen-bond donors (Lipinski definition) is 0. The summed E-state index contributed by atoms with van der Waals surface area (Å²) in [6, 6.07) is 10.7. The summed E-state index contributed by atoms with van der Waals surface area (Å²) in [6.45, 7) is 9.82. The highest BCUT2D eigenvalue weighted by atomic mass is 35.5. The predicted molar refractivity (Wildman–Crippen MR) is 127 cm³/mol. The lowest BCUT2D eigenvalue weighted by molar-refractivity contribution is 0.0984. The Kier molecular flexibility index (Phi) is 7.94. The molecule has 0 fully saturated rings. The third-order valence-corrected chi connectivity index (χ3v) is 6.43. The van der Waals surface area contributed by atoms with Gasteiger partial charge in [0.15, 0.2) is 5.13 Å². The molecule has 0 unspecified atom stereocenters. The number of carbonyl (C=O) groups excluding carboxylic acids is 1. The second kappa shape index (κ2) is 10.4. The van der Waals surface area contributed by atoms with Crippen molar-refractivity contribution in [2.75, 3.05) is 37.7 Å². The molecule has 0 aliphatic rings. The highest BCUT2D eigenvalue weighted by molar-refractivity contribution is 7.22. The summed E-state index contributed by atoms with van der Waals surface area (Å²) in [6.07, 6.45) is 0. The van der Waals surface area contributed by atoms with Crippen LogP contribution < -0.4 is 9.64 Å². The van der Waals surface area contributed by atoms with Gasteiger partial charge in [-0.15, -0.1) is 0 Å². The van der Waals surface area contributed by atoms with Crippen molar-refractivity contribution < 1.29 is 9.53 Å². The Morgan fingerprint density at radius 1 is 1.07 bits per heavy atom. The van der Waals surface area contributed by atoms with Gasteiger partial charge in [0.05, 0.1) is 27.4 Å². The number of ether oxygens (including phenoxy) is 1. The van der Waals surface area contributed by atoms with Gasteiger partial charge in [0.2, 0.25) is 0 Å². The van der Waals surface area contributed by atoms with Crippen molar-refractivity contribution in [3.05, 3.63) is 52.0 Å². The molecular formula is C22H25Cl2N3O2S. The minimum Gasteiger partial charge on any atom is -0.494 e. The standard InChI is InChI=1S/C22H25Cl2N3O2S/c1-4-26(5-2)11-12-27(21(28)17-13-15(23)7-9-18(17)24)22-25-19-10-8-16(29-6-3)14-20(19)30-22/h7-10,13-14H,4-6,11-12H2,1-3H3. The normalized spacial score (nSPS) is 11.3. The third-order valence-electron chi connectivity index (χ3n) is 4.83. The van der Waals surface area contributed by atoms with E-state index in [-0.39, 0.29) is 5.91 Å². The van der Waals surface area contributed by atoms with Gasteiger partial charge >= 0.3 is 0 Å². The number of rotatable bonds is 9. The fourth-order valence-corrected chi connectivity index (χ4v) is 4.53. The summed E-state index contributed by atoms with van der Waals surface area (Å²) in [5.41, 5.74) is 1.20. The van der Waals surface area contributed by atoms with Crippen LogP contribution in [-0.4, -0.2) is 48.6 Å². The van der Waals surface area contributed by atoms with Crippen LogP contribution in [0.1, 0.15) is 31.1 Å². The first-order valence-electron chi connectivity index (χ1n) is 9.99. The lowest BCUT2D eigenvalue weighted by atomic mass is 10.2. The topological polar surface area (TPSA) is 45.7 Å². The van der Waals surface area contributed by atoms with E-state index in [2.05, 4.69) is 18.7 Å². The van der Waals surface area contributed by atoms with Gasteiger partial charge in [-0.05, 0) is 56.4 Å². The SMILES string of the molecule is CCOc1ccc2nc(N(CCN(CC)CC)C(=O)c3cc(Cl)ccc3Cl)sc2c1. The molecule has 160 valence electrons. The Bertz CT molecular complexity index is 1020. The first kappa shape index (κ1) is 22.8. The molecule has 0 bridgehead atoms. The lowest BCUT2D eigenvalue weighted by Gasteiger charge is -2.25. The predicted octanol–water partition coefficient (Wildman–Crippen LogP) is 5.99. The number of benzene rings is 2. The van der Waals surface area contributed by atoms with Gasteiger partial charge in [-0.1, -0.05) is 48.4 Å². The number of nitrogens with zero attached hydrogens (tertiary/aromatic N) is 3. The number of aromatic nitrogens is 1. The molecule has 1 heterocycles. The van der Waals surface area contributed by atoms with Gasteiger partial charge in [0.1, 0.15) is 5.75 Å². The van der Waals surface area contributed by atoms with E-state index >= 15 is 0 Å². The molecule has 1 aromatic heterocycles. The number of thiazole rings is 1. The zero-order valence-corrected chi connectivity index (χ0v) is 19.7. The van der Waals surface area contributed by atoms with E-state index in [0.29, 0.717) is 33.9 Å². The molecule has 0 aliphatic carbocycles. The van der Waals surface area contributed by atoms with E-state index in [1.807, 2.05) is 25.1 Å². The second-order valence-electron chi connectivity index (χ2n) is 6.67. The molecule has 0 spiro atoms. The van der Waals surface area contributed by atoms with Crippen molar-refractivity contribution in [2.45, 2.75) is 20.8 Å². The molecule has 8 heteroatoms. The van der Waals surface area contributed by atoms with Crippen LogP contribution >= 0.6 is 34.5 Å². The second-order valence-corrected chi connectivity index (χ2v) is 8.52. The third kappa shape index (κ3) is 5.24. The van der Waals surface area contributed by atoms with Crippen molar-refractivity contribution >= 4 is 55.8 Å². The van der Waals surface area contributed by atoms with E-state index in [4.69, 9.17) is 32.9 Å². The zero-order chi connectivity index (χ0) is 21.7. The highest BCUT2D eigenvalue weighted by Gasteiger charge is 2.24. The smallest absolute Gasteiger partial charge is 0.261 e. The molecule has 0 atom stereocenters. The quantitative estimate of drug-likeness (QED) is 0.389. The molecule has 3 aromatic rings. The molecule has 0 N–H and O–H groups in total. The Morgan fingerprint density at radius 2 is 1.83 bits per heavy atom. The van der Waals surface area contributed by atoms with Crippen LogP contribution in [0.25, 0.3) is 10.2 Å². The number of likely N-dealkylation sites (N-methyl/N-ethyl adjacent to an activating group) is 1. The summed E-state index contributed by atoms with van der Waals surface area (Å²) in [5, 5.41) is 1.47. The fraction of sp³-hybridized carbons (Fsp3) is 0.364. The van der Waals surface area contributed by atoms with Crippen molar-refractivity contribution in [2.24, 2.45) is 0 Å². The van der Waals surface area contributed by atoms with E-state index in [1.54, 1.807) is 23.1 Å². The van der Waals surface area contributed by atoms with Crippen molar-refractivity contribution in [3.63, 3.8) is 0 Å². The van der Waals surface area contributed by atoms with Crippen LogP contribution in [0.4, 0.5) is 5.13 Å². The summed E-state index contributed by atoms with van der Waals surface area (Å²) in [5.74, 6) is 0.581. The number of fused-ring (bicyclic) bond motifs is 1. The van der Waals surface area contributed by atoms with Crippen molar-refractivity contribution in [3.8, 4) is 5.75 Å². The van der Waals surface area contributed by atoms with Crippen LogP contribution in [0.3, 0.4) is 0 Å². The van der Waals surface area contributed by atoms with E-state index in [9.17, 15) is 4.79 Å². The molecular weight excluding hydrogens is 441 g/mol.